The SMILES string of the molecule is CCCCOc1cccc(C=C(C#N)c2ccc([N+](=O)[O-])cc2)c1. The van der Waals surface area contributed by atoms with E-state index in [1.165, 1.54) is 12.1 Å². The molecule has 0 fully saturated rings. The Balaban J connectivity index is 2.22. The maximum absolute atomic E-state index is 10.7. The first-order chi connectivity index (χ1) is 11.6. The molecule has 0 saturated heterocycles. The van der Waals surface area contributed by atoms with E-state index < -0.39 is 4.92 Å². The number of hydrogen-bond donors (Lipinski definition) is 0. The molecule has 2 aromatic carbocycles. The van der Waals surface area contributed by atoms with E-state index in [0.29, 0.717) is 17.7 Å². The summed E-state index contributed by atoms with van der Waals surface area (Å²) in [6.45, 7) is 2.77. The minimum absolute atomic E-state index is 0.00219. The average molecular weight is 322 g/mol. The van der Waals surface area contributed by atoms with Gasteiger partial charge in [0.05, 0.1) is 23.2 Å². The van der Waals surface area contributed by atoms with Crippen molar-refractivity contribution in [3.63, 3.8) is 0 Å². The van der Waals surface area contributed by atoms with Gasteiger partial charge < -0.3 is 4.74 Å². The summed E-state index contributed by atoms with van der Waals surface area (Å²) in [5.74, 6) is 0.762. The van der Waals surface area contributed by atoms with Crippen LogP contribution in [-0.2, 0) is 0 Å². The average Bonchev–Trinajstić information content (AvgIpc) is 2.60. The Morgan fingerprint density at radius 1 is 1.29 bits per heavy atom. The summed E-state index contributed by atoms with van der Waals surface area (Å²) in [5.41, 5.74) is 1.93. The highest BCUT2D eigenvalue weighted by atomic mass is 16.6. The van der Waals surface area contributed by atoms with Crippen molar-refractivity contribution >= 4 is 17.3 Å². The van der Waals surface area contributed by atoms with Gasteiger partial charge in [0.1, 0.15) is 5.75 Å². The second kappa shape index (κ2) is 8.49. The summed E-state index contributed by atoms with van der Waals surface area (Å²) in [6.07, 6.45) is 3.80. The van der Waals surface area contributed by atoms with Gasteiger partial charge in [-0.1, -0.05) is 25.5 Å². The molecule has 0 aliphatic carbocycles. The van der Waals surface area contributed by atoms with Crippen LogP contribution in [0.2, 0.25) is 0 Å². The van der Waals surface area contributed by atoms with Crippen LogP contribution in [-0.4, -0.2) is 11.5 Å². The molecule has 0 saturated carbocycles. The van der Waals surface area contributed by atoms with Crippen LogP contribution >= 0.6 is 0 Å². The molecular formula is C19H18N2O3. The lowest BCUT2D eigenvalue weighted by molar-refractivity contribution is -0.384. The Kier molecular flexibility index (Phi) is 6.09. The minimum atomic E-state index is -0.462. The lowest BCUT2D eigenvalue weighted by Crippen LogP contribution is -1.96. The fourth-order valence-corrected chi connectivity index (χ4v) is 2.14. The van der Waals surface area contributed by atoms with E-state index in [9.17, 15) is 15.4 Å². The summed E-state index contributed by atoms with van der Waals surface area (Å²) in [7, 11) is 0. The van der Waals surface area contributed by atoms with Crippen molar-refractivity contribution < 1.29 is 9.66 Å². The molecule has 5 nitrogen and oxygen atoms in total. The van der Waals surface area contributed by atoms with Gasteiger partial charge in [-0.25, -0.2) is 0 Å². The van der Waals surface area contributed by atoms with Crippen molar-refractivity contribution in [2.24, 2.45) is 0 Å². The highest BCUT2D eigenvalue weighted by Crippen LogP contribution is 2.22. The van der Waals surface area contributed by atoms with Crippen LogP contribution in [0.3, 0.4) is 0 Å². The highest BCUT2D eigenvalue weighted by molar-refractivity contribution is 5.89. The molecule has 0 aromatic heterocycles. The summed E-state index contributed by atoms with van der Waals surface area (Å²) in [6, 6.07) is 15.6. The van der Waals surface area contributed by atoms with E-state index in [2.05, 4.69) is 13.0 Å². The molecule has 0 radical (unpaired) electrons. The first kappa shape index (κ1) is 17.2. The second-order valence-electron chi connectivity index (χ2n) is 5.25. The highest BCUT2D eigenvalue weighted by Gasteiger charge is 2.07. The van der Waals surface area contributed by atoms with Crippen molar-refractivity contribution in [1.29, 1.82) is 5.26 Å². The Bertz CT molecular complexity index is 774. The maximum atomic E-state index is 10.7. The number of non-ortho nitro benzene ring substituents is 1. The van der Waals surface area contributed by atoms with Crippen molar-refractivity contribution in [3.05, 3.63) is 69.8 Å². The standard InChI is InChI=1S/C19H18N2O3/c1-2-3-11-24-19-6-4-5-15(13-19)12-17(14-20)16-7-9-18(10-8-16)21(22)23/h4-10,12-13H,2-3,11H2,1H3. The zero-order chi connectivity index (χ0) is 17.4. The number of ether oxygens (including phenoxy) is 1. The van der Waals surface area contributed by atoms with Crippen molar-refractivity contribution in [2.45, 2.75) is 19.8 Å². The lowest BCUT2D eigenvalue weighted by Gasteiger charge is -2.06. The van der Waals surface area contributed by atoms with Crippen LogP contribution in [0.4, 0.5) is 5.69 Å². The van der Waals surface area contributed by atoms with E-state index in [4.69, 9.17) is 4.74 Å². The predicted molar refractivity (Wildman–Crippen MR) is 93.4 cm³/mol. The number of nitro benzene ring substituents is 1. The number of unbranched alkanes of at least 4 members (excludes halogenated alkanes) is 1. The number of nitro groups is 1. The third-order valence-corrected chi connectivity index (χ3v) is 3.45. The maximum Gasteiger partial charge on any atom is 0.269 e. The van der Waals surface area contributed by atoms with Crippen LogP contribution in [0.5, 0.6) is 5.75 Å². The van der Waals surface area contributed by atoms with Crippen molar-refractivity contribution in [3.8, 4) is 11.8 Å². The van der Waals surface area contributed by atoms with E-state index in [-0.39, 0.29) is 5.69 Å². The second-order valence-corrected chi connectivity index (χ2v) is 5.25. The number of hydrogen-bond acceptors (Lipinski definition) is 4. The summed E-state index contributed by atoms with van der Waals surface area (Å²) in [4.78, 5) is 10.2. The molecule has 122 valence electrons. The largest absolute Gasteiger partial charge is 0.494 e. The summed E-state index contributed by atoms with van der Waals surface area (Å²) in [5, 5.41) is 20.1. The van der Waals surface area contributed by atoms with E-state index in [1.807, 2.05) is 24.3 Å². The fraction of sp³-hybridized carbons (Fsp3) is 0.211. The Morgan fingerprint density at radius 3 is 2.67 bits per heavy atom. The molecule has 2 aromatic rings. The molecule has 0 aliphatic rings. The Labute approximate surface area is 141 Å². The number of rotatable bonds is 7. The smallest absolute Gasteiger partial charge is 0.269 e. The van der Waals surface area contributed by atoms with Crippen LogP contribution in [0.25, 0.3) is 11.6 Å². The van der Waals surface area contributed by atoms with Crippen molar-refractivity contribution in [1.82, 2.24) is 0 Å². The van der Waals surface area contributed by atoms with Crippen LogP contribution < -0.4 is 4.74 Å². The third kappa shape index (κ3) is 4.68. The molecule has 0 atom stereocenters. The summed E-state index contributed by atoms with van der Waals surface area (Å²) < 4.78 is 5.66. The van der Waals surface area contributed by atoms with Gasteiger partial charge in [-0.2, -0.15) is 5.26 Å². The van der Waals surface area contributed by atoms with E-state index in [0.717, 1.165) is 24.2 Å². The molecule has 0 bridgehead atoms. The van der Waals surface area contributed by atoms with Crippen molar-refractivity contribution in [2.75, 3.05) is 6.61 Å². The third-order valence-electron chi connectivity index (χ3n) is 3.45. The van der Waals surface area contributed by atoms with Crippen LogP contribution in [0.1, 0.15) is 30.9 Å². The first-order valence-corrected chi connectivity index (χ1v) is 7.73. The molecule has 2 rings (SSSR count). The van der Waals surface area contributed by atoms with Gasteiger partial charge in [0.2, 0.25) is 0 Å². The molecular weight excluding hydrogens is 304 g/mol. The molecule has 5 heteroatoms. The van der Waals surface area contributed by atoms with Gasteiger partial charge in [0.25, 0.3) is 5.69 Å². The number of benzene rings is 2. The Hall–Kier alpha value is -3.13. The topological polar surface area (TPSA) is 76.2 Å². The van der Waals surface area contributed by atoms with Gasteiger partial charge in [0, 0.05) is 12.1 Å². The van der Waals surface area contributed by atoms with Gasteiger partial charge in [-0.15, -0.1) is 0 Å². The van der Waals surface area contributed by atoms with Gasteiger partial charge in [0.15, 0.2) is 0 Å². The van der Waals surface area contributed by atoms with Crippen LogP contribution in [0.15, 0.2) is 48.5 Å². The van der Waals surface area contributed by atoms with E-state index >= 15 is 0 Å². The molecule has 0 unspecified atom stereocenters. The fourth-order valence-electron chi connectivity index (χ4n) is 2.14. The quantitative estimate of drug-likeness (QED) is 0.240. The molecule has 0 amide bonds. The lowest BCUT2D eigenvalue weighted by atomic mass is 10.0. The predicted octanol–water partition coefficient (Wildman–Crippen LogP) is 4.84. The van der Waals surface area contributed by atoms with E-state index in [1.54, 1.807) is 18.2 Å². The van der Waals surface area contributed by atoms with Crippen LogP contribution in [0, 0.1) is 21.4 Å². The molecule has 0 heterocycles. The monoisotopic (exact) mass is 322 g/mol. The molecule has 0 spiro atoms. The molecule has 0 aliphatic heterocycles. The molecule has 0 N–H and O–H groups in total. The minimum Gasteiger partial charge on any atom is -0.494 e. The van der Waals surface area contributed by atoms with Gasteiger partial charge in [-0.05, 0) is 47.9 Å². The van der Waals surface area contributed by atoms with Gasteiger partial charge in [-0.3, -0.25) is 10.1 Å². The normalized spacial score (nSPS) is 10.9. The number of allylic oxidation sites excluding steroid dienone is 1. The Morgan fingerprint density at radius 2 is 2.04 bits per heavy atom. The molecule has 24 heavy (non-hydrogen) atoms. The number of nitrogens with zero attached hydrogens (tertiary/aromatic N) is 2. The first-order valence-electron chi connectivity index (χ1n) is 7.73. The summed E-state index contributed by atoms with van der Waals surface area (Å²) >= 11 is 0. The van der Waals surface area contributed by atoms with Gasteiger partial charge >= 0.3 is 0 Å². The zero-order valence-corrected chi connectivity index (χ0v) is 13.4. The number of nitriles is 1. The zero-order valence-electron chi connectivity index (χ0n) is 13.4.